The molecule has 2 heterocycles. The molecule has 0 bridgehead atoms. The zero-order valence-corrected chi connectivity index (χ0v) is 13.7. The lowest BCUT2D eigenvalue weighted by Crippen LogP contribution is -2.39. The first-order chi connectivity index (χ1) is 10.9. The largest absolute Gasteiger partial charge is 0.441 e. The van der Waals surface area contributed by atoms with Crippen LogP contribution in [0.5, 0.6) is 0 Å². The second-order valence-electron chi connectivity index (χ2n) is 6.15. The molecule has 1 aromatic heterocycles. The number of anilines is 1. The first-order valence-electron chi connectivity index (χ1n) is 7.50. The Morgan fingerprint density at radius 2 is 2.17 bits per heavy atom. The predicted molar refractivity (Wildman–Crippen MR) is 81.3 cm³/mol. The van der Waals surface area contributed by atoms with Crippen LogP contribution in [0.2, 0.25) is 0 Å². The van der Waals surface area contributed by atoms with Gasteiger partial charge >= 0.3 is 6.09 Å². The van der Waals surface area contributed by atoms with Crippen LogP contribution in [0.3, 0.4) is 0 Å². The van der Waals surface area contributed by atoms with E-state index in [-0.39, 0.29) is 12.5 Å². The SMILES string of the molecule is CS(=O)(=O)OC[C@H]1CC[C@]2(CC1)CN(c1cccnn1)C(=O)O2. The Balaban J connectivity index is 1.60. The summed E-state index contributed by atoms with van der Waals surface area (Å²) in [5.74, 6) is 0.650. The minimum Gasteiger partial charge on any atom is -0.441 e. The minimum absolute atomic E-state index is 0.166. The first kappa shape index (κ1) is 16.1. The zero-order valence-electron chi connectivity index (χ0n) is 12.8. The number of rotatable bonds is 4. The van der Waals surface area contributed by atoms with E-state index in [9.17, 15) is 13.2 Å². The molecule has 0 N–H and O–H groups in total. The molecule has 1 saturated heterocycles. The molecule has 1 spiro atoms. The summed E-state index contributed by atoms with van der Waals surface area (Å²) in [5, 5.41) is 7.73. The van der Waals surface area contributed by atoms with E-state index in [0.29, 0.717) is 25.2 Å². The van der Waals surface area contributed by atoms with E-state index in [1.807, 2.05) is 0 Å². The van der Waals surface area contributed by atoms with Crippen LogP contribution in [-0.2, 0) is 19.0 Å². The van der Waals surface area contributed by atoms with Crippen molar-refractivity contribution in [1.29, 1.82) is 0 Å². The van der Waals surface area contributed by atoms with Crippen LogP contribution in [0, 0.1) is 5.92 Å². The number of hydrogen-bond acceptors (Lipinski definition) is 7. The summed E-state index contributed by atoms with van der Waals surface area (Å²) in [6.07, 6.45) is 5.09. The Kier molecular flexibility index (Phi) is 4.24. The molecule has 1 saturated carbocycles. The molecule has 1 aliphatic heterocycles. The highest BCUT2D eigenvalue weighted by Gasteiger charge is 2.48. The molecule has 0 atom stereocenters. The number of hydrogen-bond donors (Lipinski definition) is 0. The Bertz CT molecular complexity index is 671. The van der Waals surface area contributed by atoms with Crippen LogP contribution in [-0.4, -0.2) is 49.7 Å². The van der Waals surface area contributed by atoms with Crippen LogP contribution in [0.25, 0.3) is 0 Å². The van der Waals surface area contributed by atoms with E-state index in [1.165, 1.54) is 4.90 Å². The van der Waals surface area contributed by atoms with Gasteiger partial charge in [0.2, 0.25) is 0 Å². The fourth-order valence-corrected chi connectivity index (χ4v) is 3.53. The lowest BCUT2D eigenvalue weighted by atomic mass is 9.79. The second-order valence-corrected chi connectivity index (χ2v) is 7.79. The van der Waals surface area contributed by atoms with Gasteiger partial charge in [-0.15, -0.1) is 5.10 Å². The molecule has 3 rings (SSSR count). The van der Waals surface area contributed by atoms with Gasteiger partial charge in [0.05, 0.1) is 19.4 Å². The van der Waals surface area contributed by atoms with Gasteiger partial charge in [-0.1, -0.05) is 0 Å². The molecule has 1 amide bonds. The predicted octanol–water partition coefficient (Wildman–Crippen LogP) is 1.34. The molecule has 23 heavy (non-hydrogen) atoms. The molecule has 9 heteroatoms. The third-order valence-electron chi connectivity index (χ3n) is 4.34. The molecular formula is C14H19N3O5S. The summed E-state index contributed by atoms with van der Waals surface area (Å²) in [7, 11) is -3.41. The van der Waals surface area contributed by atoms with Crippen LogP contribution < -0.4 is 4.90 Å². The van der Waals surface area contributed by atoms with E-state index in [1.54, 1.807) is 18.3 Å². The smallest absolute Gasteiger partial charge is 0.416 e. The summed E-state index contributed by atoms with van der Waals surface area (Å²) in [4.78, 5) is 13.6. The van der Waals surface area contributed by atoms with Crippen molar-refractivity contribution >= 4 is 22.0 Å². The number of carbonyl (C=O) groups excluding carboxylic acids is 1. The first-order valence-corrected chi connectivity index (χ1v) is 9.31. The van der Waals surface area contributed by atoms with Crippen LogP contribution in [0.15, 0.2) is 18.3 Å². The third-order valence-corrected chi connectivity index (χ3v) is 4.90. The maximum atomic E-state index is 12.1. The lowest BCUT2D eigenvalue weighted by molar-refractivity contribution is 0.00772. The highest BCUT2D eigenvalue weighted by Crippen LogP contribution is 2.40. The molecule has 0 unspecified atom stereocenters. The monoisotopic (exact) mass is 341 g/mol. The fraction of sp³-hybridized carbons (Fsp3) is 0.643. The van der Waals surface area contributed by atoms with Crippen LogP contribution in [0.1, 0.15) is 25.7 Å². The number of amides is 1. The summed E-state index contributed by atoms with van der Waals surface area (Å²) in [6, 6.07) is 3.44. The van der Waals surface area contributed by atoms with E-state index in [0.717, 1.165) is 19.1 Å². The molecule has 0 radical (unpaired) electrons. The third kappa shape index (κ3) is 3.78. The maximum absolute atomic E-state index is 12.1. The summed E-state index contributed by atoms with van der Waals surface area (Å²) < 4.78 is 32.6. The average molecular weight is 341 g/mol. The van der Waals surface area contributed by atoms with E-state index >= 15 is 0 Å². The van der Waals surface area contributed by atoms with Crippen molar-refractivity contribution in [3.63, 3.8) is 0 Å². The Morgan fingerprint density at radius 1 is 1.43 bits per heavy atom. The van der Waals surface area contributed by atoms with Gasteiger partial charge in [0.1, 0.15) is 5.60 Å². The molecule has 8 nitrogen and oxygen atoms in total. The summed E-state index contributed by atoms with van der Waals surface area (Å²) in [6.45, 7) is 0.640. The number of nitrogens with zero attached hydrogens (tertiary/aromatic N) is 3. The Hall–Kier alpha value is -1.74. The maximum Gasteiger partial charge on any atom is 0.416 e. The van der Waals surface area contributed by atoms with Gasteiger partial charge in [-0.3, -0.25) is 9.08 Å². The van der Waals surface area contributed by atoms with Gasteiger partial charge in [-0.2, -0.15) is 13.5 Å². The van der Waals surface area contributed by atoms with Gasteiger partial charge in [-0.05, 0) is 43.7 Å². The van der Waals surface area contributed by atoms with Crippen LogP contribution in [0.4, 0.5) is 10.6 Å². The minimum atomic E-state index is -3.41. The van der Waals surface area contributed by atoms with Crippen molar-refractivity contribution in [2.75, 3.05) is 24.3 Å². The molecule has 2 fully saturated rings. The molecule has 2 aliphatic rings. The van der Waals surface area contributed by atoms with Gasteiger partial charge < -0.3 is 4.74 Å². The topological polar surface area (TPSA) is 98.7 Å². The highest BCUT2D eigenvalue weighted by atomic mass is 32.2. The molecule has 1 aliphatic carbocycles. The summed E-state index contributed by atoms with van der Waals surface area (Å²) in [5.41, 5.74) is -0.518. The number of aromatic nitrogens is 2. The second kappa shape index (κ2) is 6.04. The van der Waals surface area contributed by atoms with Crippen molar-refractivity contribution in [1.82, 2.24) is 10.2 Å². The van der Waals surface area contributed by atoms with E-state index in [4.69, 9.17) is 8.92 Å². The fourth-order valence-electron chi connectivity index (χ4n) is 3.09. The van der Waals surface area contributed by atoms with Gasteiger partial charge in [0.15, 0.2) is 5.82 Å². The number of carbonyl (C=O) groups is 1. The molecule has 1 aromatic rings. The average Bonchev–Trinajstić information content (AvgIpc) is 2.83. The standard InChI is InChI=1S/C14H19N3O5S/c1-23(19,20)21-9-11-4-6-14(7-5-11)10-17(13(18)22-14)12-3-2-8-15-16-12/h2-3,8,11H,4-7,9-10H2,1H3/t11-,14-. The normalized spacial score (nSPS) is 28.1. The lowest BCUT2D eigenvalue weighted by Gasteiger charge is -2.34. The van der Waals surface area contributed by atoms with Gasteiger partial charge in [-0.25, -0.2) is 4.79 Å². The van der Waals surface area contributed by atoms with E-state index in [2.05, 4.69) is 10.2 Å². The molecule has 126 valence electrons. The van der Waals surface area contributed by atoms with Crippen LogP contribution >= 0.6 is 0 Å². The Morgan fingerprint density at radius 3 is 2.78 bits per heavy atom. The highest BCUT2D eigenvalue weighted by molar-refractivity contribution is 7.85. The van der Waals surface area contributed by atoms with Crippen molar-refractivity contribution in [2.45, 2.75) is 31.3 Å². The zero-order chi connectivity index (χ0) is 16.5. The van der Waals surface area contributed by atoms with Gasteiger partial charge in [0.25, 0.3) is 10.1 Å². The summed E-state index contributed by atoms with van der Waals surface area (Å²) >= 11 is 0. The molecular weight excluding hydrogens is 322 g/mol. The van der Waals surface area contributed by atoms with Gasteiger partial charge in [0, 0.05) is 6.20 Å². The van der Waals surface area contributed by atoms with Crippen molar-refractivity contribution in [3.8, 4) is 0 Å². The molecule has 0 aromatic carbocycles. The van der Waals surface area contributed by atoms with E-state index < -0.39 is 21.8 Å². The van der Waals surface area contributed by atoms with Crippen molar-refractivity contribution < 1.29 is 22.1 Å². The van der Waals surface area contributed by atoms with Crippen molar-refractivity contribution in [2.24, 2.45) is 5.92 Å². The van der Waals surface area contributed by atoms with Crippen molar-refractivity contribution in [3.05, 3.63) is 18.3 Å². The Labute approximate surface area is 134 Å². The quantitative estimate of drug-likeness (QED) is 0.762. The number of ether oxygens (including phenoxy) is 1.